The molecule has 25 heavy (non-hydrogen) atoms. The fourth-order valence-electron chi connectivity index (χ4n) is 2.10. The summed E-state index contributed by atoms with van der Waals surface area (Å²) in [6.07, 6.45) is 1.46. The molecule has 0 bridgehead atoms. The maximum atomic E-state index is 12.4. The molecule has 0 amide bonds. The molecule has 2 N–H and O–H groups in total. The Morgan fingerprint density at radius 3 is 2.52 bits per heavy atom. The van der Waals surface area contributed by atoms with Crippen LogP contribution in [0.4, 0.5) is 5.69 Å². The normalized spacial score (nSPS) is 12.5. The van der Waals surface area contributed by atoms with Crippen molar-refractivity contribution in [1.82, 2.24) is 4.72 Å². The van der Waals surface area contributed by atoms with E-state index in [0.717, 1.165) is 0 Å². The van der Waals surface area contributed by atoms with Gasteiger partial charge in [-0.2, -0.15) is 0 Å². The van der Waals surface area contributed by atoms with Gasteiger partial charge in [0.05, 0.1) is 17.7 Å². The van der Waals surface area contributed by atoms with Crippen LogP contribution in [0.3, 0.4) is 0 Å². The number of sulfonamides is 1. The lowest BCUT2D eigenvalue weighted by Crippen LogP contribution is -2.40. The van der Waals surface area contributed by atoms with Crippen LogP contribution in [0.5, 0.6) is 11.5 Å². The summed E-state index contributed by atoms with van der Waals surface area (Å²) >= 11 is 0. The van der Waals surface area contributed by atoms with Crippen LogP contribution in [0, 0.1) is 0 Å². The quantitative estimate of drug-likeness (QED) is 0.799. The lowest BCUT2D eigenvalue weighted by Gasteiger charge is -2.20. The molecular weight excluding hydrogens is 340 g/mol. The Balaban J connectivity index is 2.31. The van der Waals surface area contributed by atoms with Crippen LogP contribution in [-0.4, -0.2) is 32.4 Å². The van der Waals surface area contributed by atoms with Crippen molar-refractivity contribution >= 4 is 21.9 Å². The Hall–Kier alpha value is -2.38. The first kappa shape index (κ1) is 19.0. The van der Waals surface area contributed by atoms with Crippen LogP contribution in [0.2, 0.25) is 0 Å². The molecule has 2 aromatic carbocycles. The van der Waals surface area contributed by atoms with Gasteiger partial charge in [-0.05, 0) is 57.2 Å². The van der Waals surface area contributed by atoms with Crippen LogP contribution in [0.15, 0.2) is 52.4 Å². The minimum Gasteiger partial charge on any atom is -0.507 e. The maximum Gasteiger partial charge on any atom is 0.241 e. The molecule has 0 aliphatic heterocycles. The summed E-state index contributed by atoms with van der Waals surface area (Å²) in [5, 5.41) is 9.87. The van der Waals surface area contributed by atoms with Crippen molar-refractivity contribution in [2.45, 2.75) is 31.2 Å². The summed E-state index contributed by atoms with van der Waals surface area (Å²) < 4.78 is 32.5. The van der Waals surface area contributed by atoms with Gasteiger partial charge >= 0.3 is 0 Å². The Labute approximate surface area is 148 Å². The van der Waals surface area contributed by atoms with Crippen molar-refractivity contribution in [3.8, 4) is 11.5 Å². The number of methoxy groups -OCH3 is 1. The molecule has 0 atom stereocenters. The van der Waals surface area contributed by atoms with E-state index in [1.165, 1.54) is 31.5 Å². The van der Waals surface area contributed by atoms with Crippen LogP contribution in [0.1, 0.15) is 26.3 Å². The van der Waals surface area contributed by atoms with Gasteiger partial charge in [0.1, 0.15) is 11.5 Å². The van der Waals surface area contributed by atoms with Crippen molar-refractivity contribution in [3.05, 3.63) is 48.0 Å². The fourth-order valence-corrected chi connectivity index (χ4v) is 3.56. The Morgan fingerprint density at radius 1 is 1.16 bits per heavy atom. The number of hydrogen-bond acceptors (Lipinski definition) is 5. The average Bonchev–Trinajstić information content (AvgIpc) is 2.52. The molecule has 134 valence electrons. The van der Waals surface area contributed by atoms with Crippen molar-refractivity contribution in [3.63, 3.8) is 0 Å². The van der Waals surface area contributed by atoms with Crippen molar-refractivity contribution in [1.29, 1.82) is 0 Å². The molecule has 0 aromatic heterocycles. The minimum atomic E-state index is -3.64. The molecular formula is C18H22N2O4S. The predicted octanol–water partition coefficient (Wildman–Crippen LogP) is 3.23. The average molecular weight is 362 g/mol. The molecule has 0 radical (unpaired) electrons. The van der Waals surface area contributed by atoms with Gasteiger partial charge in [0.25, 0.3) is 0 Å². The zero-order valence-corrected chi connectivity index (χ0v) is 15.5. The van der Waals surface area contributed by atoms with E-state index in [4.69, 9.17) is 4.74 Å². The molecule has 0 spiro atoms. The lowest BCUT2D eigenvalue weighted by molar-refractivity contribution is 0.412. The van der Waals surface area contributed by atoms with Crippen LogP contribution in [0.25, 0.3) is 0 Å². The topological polar surface area (TPSA) is 88.0 Å². The predicted molar refractivity (Wildman–Crippen MR) is 98.4 cm³/mol. The third-order valence-corrected chi connectivity index (χ3v) is 4.91. The van der Waals surface area contributed by atoms with E-state index in [2.05, 4.69) is 9.71 Å². The third kappa shape index (κ3) is 5.30. The number of benzene rings is 2. The first-order valence-corrected chi connectivity index (χ1v) is 9.14. The number of nitrogens with zero attached hydrogens (tertiary/aromatic N) is 1. The highest BCUT2D eigenvalue weighted by Crippen LogP contribution is 2.23. The van der Waals surface area contributed by atoms with Gasteiger partial charge in [-0.25, -0.2) is 13.1 Å². The first-order valence-electron chi connectivity index (χ1n) is 7.66. The largest absolute Gasteiger partial charge is 0.507 e. The van der Waals surface area contributed by atoms with E-state index in [1.807, 2.05) is 0 Å². The minimum absolute atomic E-state index is 0.0581. The number of rotatable bonds is 5. The van der Waals surface area contributed by atoms with E-state index in [-0.39, 0.29) is 10.6 Å². The number of phenols is 1. The molecule has 7 heteroatoms. The van der Waals surface area contributed by atoms with Crippen molar-refractivity contribution in [2.24, 2.45) is 4.99 Å². The zero-order valence-electron chi connectivity index (χ0n) is 14.6. The summed E-state index contributed by atoms with van der Waals surface area (Å²) in [5.74, 6) is 0.646. The van der Waals surface area contributed by atoms with E-state index in [0.29, 0.717) is 17.0 Å². The number of aromatic hydroxyl groups is 1. The van der Waals surface area contributed by atoms with Crippen LogP contribution >= 0.6 is 0 Å². The van der Waals surface area contributed by atoms with Gasteiger partial charge in [-0.3, -0.25) is 4.99 Å². The number of ether oxygens (including phenoxy) is 1. The standard InChI is InChI=1S/C18H22N2O4S/c1-18(2,3)20-25(22,23)16-7-5-6-14(11-16)19-12-13-10-15(24-4)8-9-17(13)21/h5-12,20-21H,1-4H3. The molecule has 2 aromatic rings. The van der Waals surface area contributed by atoms with Crippen LogP contribution in [-0.2, 0) is 10.0 Å². The molecule has 0 saturated heterocycles. The summed E-state index contributed by atoms with van der Waals surface area (Å²) in [7, 11) is -2.10. The van der Waals surface area contributed by atoms with Gasteiger partial charge in [0.2, 0.25) is 10.0 Å². The third-order valence-electron chi connectivity index (χ3n) is 3.16. The molecule has 0 heterocycles. The Kier molecular flexibility index (Phi) is 5.49. The molecule has 0 unspecified atom stereocenters. The maximum absolute atomic E-state index is 12.4. The molecule has 0 aliphatic rings. The van der Waals surface area contributed by atoms with Gasteiger partial charge < -0.3 is 9.84 Å². The lowest BCUT2D eigenvalue weighted by atomic mass is 10.1. The second kappa shape index (κ2) is 7.25. The van der Waals surface area contributed by atoms with Gasteiger partial charge in [-0.1, -0.05) is 6.07 Å². The summed E-state index contributed by atoms with van der Waals surface area (Å²) in [4.78, 5) is 4.38. The number of phenolic OH excluding ortho intramolecular Hbond substituents is 1. The molecule has 6 nitrogen and oxygen atoms in total. The highest BCUT2D eigenvalue weighted by molar-refractivity contribution is 7.89. The van der Waals surface area contributed by atoms with E-state index in [1.54, 1.807) is 45.0 Å². The van der Waals surface area contributed by atoms with E-state index < -0.39 is 15.6 Å². The van der Waals surface area contributed by atoms with E-state index in [9.17, 15) is 13.5 Å². The number of hydrogen-bond donors (Lipinski definition) is 2. The second-order valence-corrected chi connectivity index (χ2v) is 8.22. The highest BCUT2D eigenvalue weighted by atomic mass is 32.2. The Morgan fingerprint density at radius 2 is 1.88 bits per heavy atom. The Bertz CT molecular complexity index is 884. The molecule has 0 saturated carbocycles. The summed E-state index contributed by atoms with van der Waals surface area (Å²) in [6, 6.07) is 11.1. The highest BCUT2D eigenvalue weighted by Gasteiger charge is 2.21. The van der Waals surface area contributed by atoms with Crippen molar-refractivity contribution < 1.29 is 18.3 Å². The van der Waals surface area contributed by atoms with Gasteiger partial charge in [0, 0.05) is 17.3 Å². The second-order valence-electron chi connectivity index (χ2n) is 6.54. The molecule has 0 fully saturated rings. The molecule has 0 aliphatic carbocycles. The zero-order chi connectivity index (χ0) is 18.7. The number of aliphatic imine (C=N–C) groups is 1. The number of nitrogens with one attached hydrogen (secondary N) is 1. The van der Waals surface area contributed by atoms with E-state index >= 15 is 0 Å². The smallest absolute Gasteiger partial charge is 0.241 e. The van der Waals surface area contributed by atoms with Crippen LogP contribution < -0.4 is 9.46 Å². The van der Waals surface area contributed by atoms with Gasteiger partial charge in [0.15, 0.2) is 0 Å². The summed E-state index contributed by atoms with van der Waals surface area (Å²) in [6.45, 7) is 5.33. The first-order chi connectivity index (χ1) is 11.6. The van der Waals surface area contributed by atoms with Crippen molar-refractivity contribution in [2.75, 3.05) is 7.11 Å². The summed E-state index contributed by atoms with van der Waals surface area (Å²) in [5.41, 5.74) is 0.351. The monoisotopic (exact) mass is 362 g/mol. The fraction of sp³-hybridized carbons (Fsp3) is 0.278. The molecule has 2 rings (SSSR count). The van der Waals surface area contributed by atoms with Gasteiger partial charge in [-0.15, -0.1) is 0 Å². The SMILES string of the molecule is COc1ccc(O)c(C=Nc2cccc(S(=O)(=O)NC(C)(C)C)c2)c1.